The smallest absolute Gasteiger partial charge is 0.330 e. The second-order valence-corrected chi connectivity index (χ2v) is 18.4. The summed E-state index contributed by atoms with van der Waals surface area (Å²) in [6.45, 7) is 10.1. The van der Waals surface area contributed by atoms with E-state index in [1.807, 2.05) is 103 Å². The van der Waals surface area contributed by atoms with Crippen LogP contribution < -0.4 is 20.7 Å². The van der Waals surface area contributed by atoms with Gasteiger partial charge in [-0.1, -0.05) is 88.7 Å². The summed E-state index contributed by atoms with van der Waals surface area (Å²) < 4.78 is 51.3. The Hall–Kier alpha value is -4.68. The van der Waals surface area contributed by atoms with Crippen molar-refractivity contribution in [2.75, 3.05) is 27.4 Å². The zero-order valence-corrected chi connectivity index (χ0v) is 39.0. The number of hydrogen-bond donors (Lipinski definition) is 1. The number of aromatic nitrogens is 2. The first-order valence-electron chi connectivity index (χ1n) is 21.0. The molecular weight excluding hydrogens is 887 g/mol. The highest BCUT2D eigenvalue weighted by Crippen LogP contribution is 2.59. The second-order valence-electron chi connectivity index (χ2n) is 16.2. The summed E-state index contributed by atoms with van der Waals surface area (Å²) in [6, 6.07) is 35.6. The van der Waals surface area contributed by atoms with Crippen molar-refractivity contribution in [2.45, 2.75) is 95.3 Å². The van der Waals surface area contributed by atoms with Crippen molar-refractivity contribution < 1.29 is 32.7 Å². The van der Waals surface area contributed by atoms with E-state index in [2.05, 4.69) is 59.3 Å². The molecule has 0 radical (unpaired) electrons. The first-order chi connectivity index (χ1) is 30.4. The number of benzene rings is 4. The highest BCUT2D eigenvalue weighted by molar-refractivity contribution is 9.10. The number of halogens is 1. The van der Waals surface area contributed by atoms with E-state index in [0.29, 0.717) is 17.1 Å². The van der Waals surface area contributed by atoms with Gasteiger partial charge in [-0.05, 0) is 81.6 Å². The molecule has 3 heterocycles. The molecule has 2 fully saturated rings. The molecule has 332 valence electrons. The summed E-state index contributed by atoms with van der Waals surface area (Å²) in [5, 5.41) is 9.55. The number of nitriles is 1. The fraction of sp³-hybridized carbons (Fsp3) is 0.396. The number of aryl methyl sites for hydroxylation is 1. The zero-order chi connectivity index (χ0) is 44.9. The zero-order valence-electron chi connectivity index (χ0n) is 36.5. The molecule has 0 amide bonds. The molecule has 0 bridgehead atoms. The van der Waals surface area contributed by atoms with E-state index >= 15 is 0 Å². The van der Waals surface area contributed by atoms with Crippen molar-refractivity contribution in [2.24, 2.45) is 0 Å². The summed E-state index contributed by atoms with van der Waals surface area (Å²) in [7, 11) is 1.44. The van der Waals surface area contributed by atoms with E-state index in [1.165, 1.54) is 10.8 Å². The van der Waals surface area contributed by atoms with Crippen LogP contribution in [0.4, 0.5) is 0 Å². The number of hydrogen-bond acceptors (Lipinski definition) is 11. The third-order valence-electron chi connectivity index (χ3n) is 11.6. The lowest BCUT2D eigenvalue weighted by Gasteiger charge is -2.39. The Labute approximate surface area is 377 Å². The Morgan fingerprint density at radius 2 is 1.49 bits per heavy atom. The van der Waals surface area contributed by atoms with Crippen molar-refractivity contribution in [1.82, 2.24) is 14.2 Å². The van der Waals surface area contributed by atoms with Crippen LogP contribution in [0.15, 0.2) is 123 Å². The van der Waals surface area contributed by atoms with Crippen LogP contribution in [0.3, 0.4) is 0 Å². The molecule has 4 aromatic carbocycles. The predicted molar refractivity (Wildman–Crippen MR) is 244 cm³/mol. The molecule has 2 aliphatic rings. The lowest BCUT2D eigenvalue weighted by atomic mass is 9.80. The monoisotopic (exact) mass is 940 g/mol. The number of aromatic amines is 1. The molecular formula is C48H54BrN4O9P. The van der Waals surface area contributed by atoms with Gasteiger partial charge >= 0.3 is 5.69 Å². The predicted octanol–water partition coefficient (Wildman–Crippen LogP) is 8.88. The Kier molecular flexibility index (Phi) is 14.7. The summed E-state index contributed by atoms with van der Waals surface area (Å²) in [6.07, 6.45) is -1.44. The molecule has 63 heavy (non-hydrogen) atoms. The molecule has 7 rings (SSSR count). The minimum absolute atomic E-state index is 0.000873. The van der Waals surface area contributed by atoms with Gasteiger partial charge in [-0.3, -0.25) is 14.3 Å². The van der Waals surface area contributed by atoms with Crippen LogP contribution >= 0.6 is 24.5 Å². The molecule has 2 saturated heterocycles. The lowest BCUT2D eigenvalue weighted by molar-refractivity contribution is -0.114. The summed E-state index contributed by atoms with van der Waals surface area (Å²) >= 11 is 3.83. The molecule has 2 aliphatic heterocycles. The fourth-order valence-corrected chi connectivity index (χ4v) is 11.1. The van der Waals surface area contributed by atoms with Crippen molar-refractivity contribution in [3.63, 3.8) is 0 Å². The molecule has 1 aromatic heterocycles. The van der Waals surface area contributed by atoms with E-state index in [-0.39, 0.29) is 38.1 Å². The number of H-pyrrole nitrogens is 1. The van der Waals surface area contributed by atoms with Crippen molar-refractivity contribution >= 4 is 24.5 Å². The average molecular weight is 942 g/mol. The maximum atomic E-state index is 13.5. The Morgan fingerprint density at radius 1 is 0.905 bits per heavy atom. The lowest BCUT2D eigenvalue weighted by Crippen LogP contribution is -2.43. The Morgan fingerprint density at radius 3 is 2.06 bits per heavy atom. The van der Waals surface area contributed by atoms with Gasteiger partial charge in [0.05, 0.1) is 39.9 Å². The van der Waals surface area contributed by atoms with Crippen LogP contribution in [0, 0.1) is 18.3 Å². The number of nitrogens with zero attached hydrogens (tertiary/aromatic N) is 3. The normalized spacial score (nSPS) is 21.4. The van der Waals surface area contributed by atoms with E-state index in [0.717, 1.165) is 26.7 Å². The maximum absolute atomic E-state index is 13.5. The van der Waals surface area contributed by atoms with Gasteiger partial charge < -0.3 is 32.7 Å². The van der Waals surface area contributed by atoms with Gasteiger partial charge in [-0.25, -0.2) is 9.46 Å². The van der Waals surface area contributed by atoms with Gasteiger partial charge in [0.2, 0.25) is 0 Å². The number of ether oxygens (including phenoxy) is 5. The number of fused-ring (bicyclic) bond motifs is 1. The minimum Gasteiger partial charge on any atom is -0.497 e. The molecule has 0 aliphatic carbocycles. The second kappa shape index (κ2) is 20.0. The van der Waals surface area contributed by atoms with Gasteiger partial charge in [-0.2, -0.15) is 5.26 Å². The van der Waals surface area contributed by atoms with Crippen molar-refractivity contribution in [3.8, 4) is 17.6 Å². The first kappa shape index (κ1) is 46.3. The molecule has 0 saturated carbocycles. The van der Waals surface area contributed by atoms with E-state index < -0.39 is 55.5 Å². The standard InChI is InChI=1S/C48H54BrN4O9P/c1-31(2)53(32(3)4)63(59-27-13-26-50)62-43-41(61-47(39-16-11-12-17-40(39)49)28-42(60-44(43)47)52-29-33(5)45(54)51-46(52)55)30-58-48(34-14-9-8-10-15-34,35-18-22-37(56-6)23-19-35)36-20-24-38(57-7)25-21-36/h8-12,14-25,29,31-32,41-44H,13,27-28,30H2,1-7H3,(H,51,54,55)/t41-,42+,43-,44-,47+,63?/m1/s1. The third kappa shape index (κ3) is 9.30. The number of methoxy groups -OCH3 is 2. The van der Waals surface area contributed by atoms with Crippen LogP contribution in [-0.2, 0) is 34.5 Å². The Bertz CT molecular complexity index is 2420. The van der Waals surface area contributed by atoms with Gasteiger partial charge in [-0.15, -0.1) is 0 Å². The van der Waals surface area contributed by atoms with Crippen molar-refractivity contribution in [1.29, 1.82) is 5.26 Å². The SMILES string of the molecule is COc1ccc(C(OC[C@H]2O[C@]3(c4ccccc4Br)C[C@@H](n4cc(C)c(=O)[nH]c4=O)O[C@@H]3[C@@H]2OP(OCCC#N)N(C(C)C)C(C)C)(c2ccccc2)c2ccc(OC)cc2)cc1. The Balaban J connectivity index is 1.40. The maximum Gasteiger partial charge on any atom is 0.330 e. The first-order valence-corrected chi connectivity index (χ1v) is 22.9. The molecule has 1 N–H and O–H groups in total. The topological polar surface area (TPSA) is 147 Å². The molecule has 1 unspecified atom stereocenters. The molecule has 6 atom stereocenters. The number of rotatable bonds is 18. The van der Waals surface area contributed by atoms with Crippen LogP contribution in [0.1, 0.15) is 74.6 Å². The number of nitrogens with one attached hydrogen (secondary N) is 1. The largest absolute Gasteiger partial charge is 0.497 e. The molecule has 0 spiro atoms. The van der Waals surface area contributed by atoms with Crippen LogP contribution in [0.25, 0.3) is 0 Å². The van der Waals surface area contributed by atoms with Gasteiger partial charge in [0, 0.05) is 40.3 Å². The summed E-state index contributed by atoms with van der Waals surface area (Å²) in [5.74, 6) is 1.39. The third-order valence-corrected chi connectivity index (χ3v) is 14.4. The van der Waals surface area contributed by atoms with Gasteiger partial charge in [0.25, 0.3) is 14.1 Å². The average Bonchev–Trinajstić information content (AvgIpc) is 3.79. The molecule has 15 heteroatoms. The minimum atomic E-state index is -1.83. The fourth-order valence-electron chi connectivity index (χ4n) is 8.72. The summed E-state index contributed by atoms with van der Waals surface area (Å²) in [4.78, 5) is 28.4. The van der Waals surface area contributed by atoms with Crippen molar-refractivity contribution in [3.05, 3.63) is 162 Å². The van der Waals surface area contributed by atoms with E-state index in [9.17, 15) is 14.9 Å². The van der Waals surface area contributed by atoms with Gasteiger partial charge in [0.15, 0.2) is 0 Å². The highest BCUT2D eigenvalue weighted by atomic mass is 79.9. The van der Waals surface area contributed by atoms with Gasteiger partial charge in [0.1, 0.15) is 47.2 Å². The van der Waals surface area contributed by atoms with E-state index in [1.54, 1.807) is 21.1 Å². The molecule has 5 aromatic rings. The molecule has 13 nitrogen and oxygen atoms in total. The van der Waals surface area contributed by atoms with Crippen LogP contribution in [-0.4, -0.2) is 72.1 Å². The quantitative estimate of drug-likeness (QED) is 0.0511. The van der Waals surface area contributed by atoms with Crippen LogP contribution in [0.5, 0.6) is 11.5 Å². The highest BCUT2D eigenvalue weighted by Gasteiger charge is 2.65. The van der Waals surface area contributed by atoms with E-state index in [4.69, 9.17) is 32.7 Å². The summed E-state index contributed by atoms with van der Waals surface area (Å²) in [5.41, 5.74) is 0.245. The van der Waals surface area contributed by atoms with Crippen LogP contribution in [0.2, 0.25) is 0 Å².